The molecule has 0 aliphatic rings. The number of carbonyl (C=O) groups is 1. The highest BCUT2D eigenvalue weighted by Crippen LogP contribution is 2.22. The van der Waals surface area contributed by atoms with Gasteiger partial charge in [-0.2, -0.15) is 5.10 Å². The van der Waals surface area contributed by atoms with E-state index in [0.29, 0.717) is 35.1 Å². The summed E-state index contributed by atoms with van der Waals surface area (Å²) in [5, 5.41) is 4.59. The molecule has 0 unspecified atom stereocenters. The van der Waals surface area contributed by atoms with Crippen molar-refractivity contribution in [2.24, 2.45) is 5.10 Å². The van der Waals surface area contributed by atoms with Crippen LogP contribution < -0.4 is 14.9 Å². The van der Waals surface area contributed by atoms with Crippen molar-refractivity contribution in [3.05, 3.63) is 94.0 Å². The number of carbonyl (C=O) groups excluding carboxylic acids is 1. The zero-order valence-corrected chi connectivity index (χ0v) is 18.4. The van der Waals surface area contributed by atoms with Crippen LogP contribution in [0, 0.1) is 13.8 Å². The van der Waals surface area contributed by atoms with Gasteiger partial charge in [0, 0.05) is 22.6 Å². The van der Waals surface area contributed by atoms with Gasteiger partial charge < -0.3 is 9.47 Å². The lowest BCUT2D eigenvalue weighted by Crippen LogP contribution is -2.17. The van der Waals surface area contributed by atoms with E-state index < -0.39 is 0 Å². The third kappa shape index (κ3) is 6.86. The first kappa shape index (κ1) is 22.4. The summed E-state index contributed by atoms with van der Waals surface area (Å²) in [5.74, 6) is 1.23. The van der Waals surface area contributed by atoms with Gasteiger partial charge in [-0.25, -0.2) is 5.43 Å². The van der Waals surface area contributed by atoms with Gasteiger partial charge in [-0.3, -0.25) is 4.79 Å². The van der Waals surface area contributed by atoms with E-state index in [1.165, 1.54) is 11.8 Å². The van der Waals surface area contributed by atoms with Crippen molar-refractivity contribution in [2.45, 2.75) is 20.3 Å². The third-order valence-corrected chi connectivity index (χ3v) is 4.75. The van der Waals surface area contributed by atoms with Gasteiger partial charge >= 0.3 is 0 Å². The van der Waals surface area contributed by atoms with E-state index in [9.17, 15) is 4.79 Å². The fourth-order valence-electron chi connectivity index (χ4n) is 2.95. The summed E-state index contributed by atoms with van der Waals surface area (Å²) in [6.45, 7) is 5.12. The molecule has 31 heavy (non-hydrogen) atoms. The van der Waals surface area contributed by atoms with E-state index in [0.717, 1.165) is 17.7 Å². The minimum absolute atomic E-state index is 0.287. The Morgan fingerprint density at radius 3 is 2.42 bits per heavy atom. The van der Waals surface area contributed by atoms with E-state index in [1.807, 2.05) is 25.1 Å². The molecule has 1 N–H and O–H groups in total. The summed E-state index contributed by atoms with van der Waals surface area (Å²) in [6.07, 6.45) is 2.24. The second-order valence-corrected chi connectivity index (χ2v) is 7.50. The highest BCUT2D eigenvalue weighted by atomic mass is 35.5. The molecule has 0 radical (unpaired) electrons. The minimum Gasteiger partial charge on any atom is -0.493 e. The molecule has 6 heteroatoms. The zero-order valence-electron chi connectivity index (χ0n) is 17.6. The number of ether oxygens (including phenoxy) is 2. The average molecular weight is 437 g/mol. The first-order valence-corrected chi connectivity index (χ1v) is 10.4. The Labute approximate surface area is 187 Å². The van der Waals surface area contributed by atoms with Crippen LogP contribution >= 0.6 is 11.6 Å². The topological polar surface area (TPSA) is 59.9 Å². The molecule has 0 saturated carbocycles. The van der Waals surface area contributed by atoms with Crippen molar-refractivity contribution in [1.29, 1.82) is 0 Å². The number of hydrogen-bond donors (Lipinski definition) is 1. The molecular formula is C25H25ClN2O3. The monoisotopic (exact) mass is 436 g/mol. The Kier molecular flexibility index (Phi) is 8.07. The molecule has 3 aromatic rings. The summed E-state index contributed by atoms with van der Waals surface area (Å²) in [7, 11) is 0. The predicted octanol–water partition coefficient (Wildman–Crippen LogP) is 5.57. The average Bonchev–Trinajstić information content (AvgIpc) is 2.76. The molecule has 0 bridgehead atoms. The molecule has 1 amide bonds. The molecule has 0 aromatic heterocycles. The predicted molar refractivity (Wildman–Crippen MR) is 124 cm³/mol. The Morgan fingerprint density at radius 2 is 1.68 bits per heavy atom. The van der Waals surface area contributed by atoms with Crippen LogP contribution in [0.4, 0.5) is 0 Å². The van der Waals surface area contributed by atoms with Crippen LogP contribution in [0.15, 0.2) is 71.8 Å². The molecule has 0 atom stereocenters. The highest BCUT2D eigenvalue weighted by molar-refractivity contribution is 6.30. The fourth-order valence-corrected chi connectivity index (χ4v) is 3.13. The summed E-state index contributed by atoms with van der Waals surface area (Å²) < 4.78 is 11.7. The molecule has 3 aromatic carbocycles. The van der Waals surface area contributed by atoms with E-state index in [4.69, 9.17) is 21.1 Å². The van der Waals surface area contributed by atoms with Crippen molar-refractivity contribution in [1.82, 2.24) is 5.43 Å². The second kappa shape index (κ2) is 11.2. The van der Waals surface area contributed by atoms with Gasteiger partial charge in [0.25, 0.3) is 5.91 Å². The lowest BCUT2D eigenvalue weighted by molar-refractivity contribution is 0.0955. The van der Waals surface area contributed by atoms with Gasteiger partial charge in [0.05, 0.1) is 19.4 Å². The lowest BCUT2D eigenvalue weighted by Gasteiger charge is -2.12. The Bertz CT molecular complexity index is 1050. The van der Waals surface area contributed by atoms with Crippen LogP contribution in [-0.4, -0.2) is 25.3 Å². The number of aryl methyl sites for hydroxylation is 2. The van der Waals surface area contributed by atoms with Crippen LogP contribution in [0.2, 0.25) is 5.02 Å². The second-order valence-electron chi connectivity index (χ2n) is 7.07. The summed E-state index contributed by atoms with van der Waals surface area (Å²) in [4.78, 5) is 12.1. The highest BCUT2D eigenvalue weighted by Gasteiger charge is 2.06. The van der Waals surface area contributed by atoms with Gasteiger partial charge in [0.1, 0.15) is 11.5 Å². The van der Waals surface area contributed by atoms with Gasteiger partial charge in [0.2, 0.25) is 0 Å². The molecule has 3 rings (SSSR count). The van der Waals surface area contributed by atoms with Crippen LogP contribution in [0.25, 0.3) is 0 Å². The molecule has 5 nitrogen and oxygen atoms in total. The number of hydrogen-bond acceptors (Lipinski definition) is 4. The van der Waals surface area contributed by atoms with E-state index in [1.54, 1.807) is 42.5 Å². The zero-order chi connectivity index (χ0) is 22.1. The Balaban J connectivity index is 1.51. The summed E-state index contributed by atoms with van der Waals surface area (Å²) >= 11 is 6.11. The van der Waals surface area contributed by atoms with Crippen LogP contribution in [-0.2, 0) is 0 Å². The van der Waals surface area contributed by atoms with Crippen LogP contribution in [0.3, 0.4) is 0 Å². The maximum Gasteiger partial charge on any atom is 0.271 e. The summed E-state index contributed by atoms with van der Waals surface area (Å²) in [6, 6.07) is 20.3. The first-order valence-electron chi connectivity index (χ1n) is 10.0. The maximum atomic E-state index is 12.1. The SMILES string of the molecule is Cc1ccc(OCCCOc2ccc(Cl)cc2/C=N/NC(=O)c2ccccc2)c(C)c1. The van der Waals surface area contributed by atoms with Gasteiger partial charge in [-0.05, 0) is 55.8 Å². The fraction of sp³-hybridized carbons (Fsp3) is 0.200. The molecule has 0 spiro atoms. The lowest BCUT2D eigenvalue weighted by atomic mass is 10.1. The molecule has 0 aliphatic heterocycles. The normalized spacial score (nSPS) is 10.8. The van der Waals surface area contributed by atoms with Crippen LogP contribution in [0.5, 0.6) is 11.5 Å². The van der Waals surface area contributed by atoms with Gasteiger partial charge in [-0.15, -0.1) is 0 Å². The number of nitrogens with one attached hydrogen (secondary N) is 1. The van der Waals surface area contributed by atoms with Crippen molar-refractivity contribution in [3.63, 3.8) is 0 Å². The van der Waals surface area contributed by atoms with E-state index in [-0.39, 0.29) is 5.91 Å². The van der Waals surface area contributed by atoms with Crippen LogP contribution in [0.1, 0.15) is 33.5 Å². The number of amides is 1. The van der Waals surface area contributed by atoms with E-state index >= 15 is 0 Å². The third-order valence-electron chi connectivity index (χ3n) is 4.51. The molecule has 160 valence electrons. The van der Waals surface area contributed by atoms with Gasteiger partial charge in [-0.1, -0.05) is 47.5 Å². The molecule has 0 saturated heterocycles. The number of rotatable bonds is 9. The number of benzene rings is 3. The minimum atomic E-state index is -0.287. The first-order chi connectivity index (χ1) is 15.0. The van der Waals surface area contributed by atoms with Crippen molar-refractivity contribution >= 4 is 23.7 Å². The summed E-state index contributed by atoms with van der Waals surface area (Å²) in [5.41, 5.74) is 6.05. The Morgan fingerprint density at radius 1 is 0.968 bits per heavy atom. The number of nitrogens with zero attached hydrogens (tertiary/aromatic N) is 1. The Hall–Kier alpha value is -3.31. The smallest absolute Gasteiger partial charge is 0.271 e. The largest absolute Gasteiger partial charge is 0.493 e. The quantitative estimate of drug-likeness (QED) is 0.271. The standard InChI is InChI=1S/C25H25ClN2O3/c1-18-9-11-23(19(2)15-18)30-13-6-14-31-24-12-10-22(26)16-21(24)17-27-28-25(29)20-7-4-3-5-8-20/h3-5,7-12,15-17H,6,13-14H2,1-2H3,(H,28,29)/b27-17+. The molecule has 0 heterocycles. The number of halogens is 1. The molecule has 0 fully saturated rings. The maximum absolute atomic E-state index is 12.1. The molecular weight excluding hydrogens is 412 g/mol. The van der Waals surface area contributed by atoms with Crippen molar-refractivity contribution in [2.75, 3.05) is 13.2 Å². The molecule has 0 aliphatic carbocycles. The van der Waals surface area contributed by atoms with Crippen molar-refractivity contribution in [3.8, 4) is 11.5 Å². The van der Waals surface area contributed by atoms with Gasteiger partial charge in [0.15, 0.2) is 0 Å². The van der Waals surface area contributed by atoms with E-state index in [2.05, 4.69) is 23.5 Å². The number of hydrazone groups is 1. The van der Waals surface area contributed by atoms with Crippen molar-refractivity contribution < 1.29 is 14.3 Å².